The maximum absolute atomic E-state index is 15.8. The number of fused-ring (bicyclic) bond motifs is 3. The molecule has 0 saturated carbocycles. The molecule has 0 bridgehead atoms. The minimum absolute atomic E-state index is 0.0581. The number of carbonyl (C=O) groups is 5. The summed E-state index contributed by atoms with van der Waals surface area (Å²) in [6, 6.07) is 27.5. The molecule has 2 fully saturated rings. The maximum Gasteiger partial charge on any atom is 0.358 e. The molecule has 3 aromatic heterocycles. The van der Waals surface area contributed by atoms with Crippen molar-refractivity contribution >= 4 is 78.7 Å². The molecule has 6 heterocycles. The molecule has 76 heavy (non-hydrogen) atoms. The number of alkyl halides is 2. The number of thiazole rings is 1. The number of halogens is 2. The van der Waals surface area contributed by atoms with Crippen molar-refractivity contribution in [2.45, 2.75) is 90.2 Å². The first-order valence-electron chi connectivity index (χ1n) is 25.5. The fraction of sp³-hybridized carbons (Fsp3) is 0.368. The molecule has 3 aliphatic heterocycles. The zero-order chi connectivity index (χ0) is 53.5. The second-order valence-corrected chi connectivity index (χ2v) is 21.9. The number of ether oxygens (including phenoxy) is 2. The lowest BCUT2D eigenvalue weighted by Gasteiger charge is -2.33. The Balaban J connectivity index is 0.764. The van der Waals surface area contributed by atoms with E-state index >= 15 is 8.78 Å². The Bertz CT molecular complexity index is 3380. The molecule has 4 amide bonds. The third-order valence-electron chi connectivity index (χ3n) is 14.2. The number of nitrogens with zero attached hydrogens (tertiary/aromatic N) is 6. The number of hydrogen-bond donors (Lipinski definition) is 3. The average molecular weight is 1050 g/mol. The Morgan fingerprint density at radius 3 is 2.43 bits per heavy atom. The van der Waals surface area contributed by atoms with Crippen LogP contribution in [0, 0.1) is 12.8 Å². The topological polar surface area (TPSA) is 190 Å². The summed E-state index contributed by atoms with van der Waals surface area (Å²) in [5.41, 5.74) is 5.89. The van der Waals surface area contributed by atoms with E-state index in [-0.39, 0.29) is 60.4 Å². The van der Waals surface area contributed by atoms with Crippen LogP contribution in [0.5, 0.6) is 5.75 Å². The monoisotopic (exact) mass is 1050 g/mol. The van der Waals surface area contributed by atoms with Crippen LogP contribution in [0.4, 0.5) is 25.4 Å². The van der Waals surface area contributed by atoms with Crippen LogP contribution in [0.25, 0.3) is 32.2 Å². The summed E-state index contributed by atoms with van der Waals surface area (Å²) in [4.78, 5) is 78.7. The number of benzene rings is 4. The first kappa shape index (κ1) is 51.8. The standard InChI is InChI=1S/C57H59F2N9O7S/c1-33-37(38-18-20-47(62-51(38)54(73)75-56(2,3)4)68-27-24-35-10-8-12-39(42(35)30-68)52(71)64-55-61-43-13-6-7-15-46(43)76-55)11-9-14-45(33)74-32-57(58,59)29-34-22-25-67(26-23-34)31-49(70)60-36-16-17-40-44(28-36)66(5)65-50(40)41-19-21-48(69)63-53(41)72/h6-18,20,28,34,41H,19,21-27,29-32H2,1-5H3,(H,60,70)(H,61,64,71)(H,63,69,72). The fourth-order valence-corrected chi connectivity index (χ4v) is 11.3. The normalized spacial score (nSPS) is 16.6. The number of hydrogen-bond acceptors (Lipinski definition) is 13. The number of pyridine rings is 1. The van der Waals surface area contributed by atoms with Gasteiger partial charge in [0, 0.05) is 55.2 Å². The number of imide groups is 1. The molecule has 3 N–H and O–H groups in total. The van der Waals surface area contributed by atoms with Crippen LogP contribution in [-0.4, -0.2) is 98.6 Å². The van der Waals surface area contributed by atoms with E-state index in [0.29, 0.717) is 96.4 Å². The highest BCUT2D eigenvalue weighted by molar-refractivity contribution is 7.22. The van der Waals surface area contributed by atoms with Crippen LogP contribution in [0.15, 0.2) is 91.0 Å². The van der Waals surface area contributed by atoms with Gasteiger partial charge in [0.05, 0.1) is 33.9 Å². The number of piperidine rings is 2. The summed E-state index contributed by atoms with van der Waals surface area (Å²) in [5, 5.41) is 14.2. The Kier molecular flexibility index (Phi) is 14.4. The Labute approximate surface area is 442 Å². The molecule has 7 aromatic rings. The Morgan fingerprint density at radius 1 is 0.868 bits per heavy atom. The maximum atomic E-state index is 15.8. The van der Waals surface area contributed by atoms with Crippen molar-refractivity contribution in [2.75, 3.05) is 48.3 Å². The number of likely N-dealkylation sites (tertiary alicyclic amines) is 1. The van der Waals surface area contributed by atoms with E-state index in [2.05, 4.69) is 26.0 Å². The Hall–Kier alpha value is -7.64. The molecule has 1 atom stereocenters. The minimum Gasteiger partial charge on any atom is -0.487 e. The molecule has 394 valence electrons. The first-order chi connectivity index (χ1) is 36.3. The predicted molar refractivity (Wildman–Crippen MR) is 287 cm³/mol. The molecule has 16 nitrogen and oxygen atoms in total. The summed E-state index contributed by atoms with van der Waals surface area (Å²) in [6.07, 6.45) is 1.85. The van der Waals surface area contributed by atoms with Crippen LogP contribution in [0.1, 0.15) is 102 Å². The second kappa shape index (κ2) is 21.2. The zero-order valence-electron chi connectivity index (χ0n) is 43.0. The van der Waals surface area contributed by atoms with Gasteiger partial charge in [-0.2, -0.15) is 5.10 Å². The number of aryl methyl sites for hydroxylation is 1. The van der Waals surface area contributed by atoms with Gasteiger partial charge >= 0.3 is 5.97 Å². The molecule has 1 unspecified atom stereocenters. The fourth-order valence-electron chi connectivity index (χ4n) is 10.5. The molecular formula is C57H59F2N9O7S. The van der Waals surface area contributed by atoms with Crippen molar-refractivity contribution in [3.8, 4) is 16.9 Å². The van der Waals surface area contributed by atoms with Crippen molar-refractivity contribution < 1.29 is 42.2 Å². The summed E-state index contributed by atoms with van der Waals surface area (Å²) in [7, 11) is 1.76. The van der Waals surface area contributed by atoms with E-state index in [9.17, 15) is 24.0 Å². The van der Waals surface area contributed by atoms with E-state index in [1.165, 1.54) is 11.3 Å². The average Bonchev–Trinajstić information content (AvgIpc) is 3.95. The van der Waals surface area contributed by atoms with Gasteiger partial charge in [0.2, 0.25) is 17.7 Å². The largest absolute Gasteiger partial charge is 0.487 e. The summed E-state index contributed by atoms with van der Waals surface area (Å²) < 4.78 is 46.0. The highest BCUT2D eigenvalue weighted by atomic mass is 32.1. The molecule has 0 spiro atoms. The lowest BCUT2D eigenvalue weighted by Crippen LogP contribution is -2.41. The van der Waals surface area contributed by atoms with Crippen molar-refractivity contribution in [3.05, 3.63) is 125 Å². The molecular weight excluding hydrogens is 993 g/mol. The van der Waals surface area contributed by atoms with Gasteiger partial charge < -0.3 is 19.7 Å². The van der Waals surface area contributed by atoms with Crippen molar-refractivity contribution in [1.29, 1.82) is 0 Å². The van der Waals surface area contributed by atoms with Crippen LogP contribution >= 0.6 is 11.3 Å². The van der Waals surface area contributed by atoms with Crippen molar-refractivity contribution in [1.82, 2.24) is 30.0 Å². The number of esters is 1. The number of para-hydroxylation sites is 1. The molecule has 2 saturated heterocycles. The van der Waals surface area contributed by atoms with E-state index in [0.717, 1.165) is 32.2 Å². The number of anilines is 3. The van der Waals surface area contributed by atoms with Gasteiger partial charge in [-0.05, 0) is 149 Å². The molecule has 10 rings (SSSR count). The predicted octanol–water partition coefficient (Wildman–Crippen LogP) is 9.60. The van der Waals surface area contributed by atoms with Crippen LogP contribution < -0.4 is 25.6 Å². The van der Waals surface area contributed by atoms with Crippen LogP contribution in [-0.2, 0) is 39.1 Å². The van der Waals surface area contributed by atoms with Gasteiger partial charge in [0.25, 0.3) is 11.8 Å². The second-order valence-electron chi connectivity index (χ2n) is 20.9. The van der Waals surface area contributed by atoms with Crippen LogP contribution in [0.3, 0.4) is 0 Å². The van der Waals surface area contributed by atoms with E-state index < -0.39 is 30.0 Å². The van der Waals surface area contributed by atoms with Gasteiger partial charge in [-0.25, -0.2) is 23.5 Å². The minimum atomic E-state index is -3.15. The van der Waals surface area contributed by atoms with E-state index in [4.69, 9.17) is 14.5 Å². The van der Waals surface area contributed by atoms with E-state index in [1.54, 1.807) is 81.9 Å². The number of rotatable bonds is 14. The van der Waals surface area contributed by atoms with Crippen molar-refractivity contribution in [3.63, 3.8) is 0 Å². The van der Waals surface area contributed by atoms with Gasteiger partial charge in [0.15, 0.2) is 17.4 Å². The molecule has 19 heteroatoms. The van der Waals surface area contributed by atoms with Gasteiger partial charge in [-0.1, -0.05) is 47.7 Å². The molecule has 0 aliphatic carbocycles. The molecule has 4 aromatic carbocycles. The smallest absolute Gasteiger partial charge is 0.358 e. The van der Waals surface area contributed by atoms with Gasteiger partial charge in [-0.3, -0.25) is 39.4 Å². The van der Waals surface area contributed by atoms with Crippen molar-refractivity contribution in [2.24, 2.45) is 13.0 Å². The quantitative estimate of drug-likeness (QED) is 0.0692. The number of carbonyl (C=O) groups excluding carboxylic acids is 5. The highest BCUT2D eigenvalue weighted by Crippen LogP contribution is 2.38. The molecule has 3 aliphatic rings. The summed E-state index contributed by atoms with van der Waals surface area (Å²) in [5.74, 6) is -5.03. The summed E-state index contributed by atoms with van der Waals surface area (Å²) in [6.45, 7) is 8.24. The van der Waals surface area contributed by atoms with Gasteiger partial charge in [0.1, 0.15) is 17.2 Å². The first-order valence-corrected chi connectivity index (χ1v) is 26.4. The Morgan fingerprint density at radius 2 is 1.66 bits per heavy atom. The third kappa shape index (κ3) is 11.4. The lowest BCUT2D eigenvalue weighted by atomic mass is 9.91. The summed E-state index contributed by atoms with van der Waals surface area (Å²) >= 11 is 1.41. The highest BCUT2D eigenvalue weighted by Gasteiger charge is 2.37. The van der Waals surface area contributed by atoms with E-state index in [1.807, 2.05) is 58.3 Å². The number of nitrogens with one attached hydrogen (secondary N) is 3. The number of amides is 4. The number of aromatic nitrogens is 4. The molecule has 0 radical (unpaired) electrons. The SMILES string of the molecule is Cc1c(OCC(F)(F)CC2CCN(CC(=O)Nc3ccc4c(C5CCC(=O)NC5=O)nn(C)c4c3)CC2)cccc1-c1ccc(N2CCc3cccc(C(=O)Nc4nc5ccccc5s4)c3C2)nc1C(=O)OC(C)(C)C. The zero-order valence-corrected chi connectivity index (χ0v) is 43.8. The third-order valence-corrected chi connectivity index (χ3v) is 15.2. The van der Waals surface area contributed by atoms with Crippen LogP contribution in [0.2, 0.25) is 0 Å². The van der Waals surface area contributed by atoms with Gasteiger partial charge in [-0.15, -0.1) is 0 Å². The lowest BCUT2D eigenvalue weighted by molar-refractivity contribution is -0.134.